The fourth-order valence-electron chi connectivity index (χ4n) is 1.34. The summed E-state index contributed by atoms with van der Waals surface area (Å²) in [5.41, 5.74) is 6.67. The van der Waals surface area contributed by atoms with Gasteiger partial charge in [0.1, 0.15) is 0 Å². The van der Waals surface area contributed by atoms with Crippen LogP contribution in [0.25, 0.3) is 0 Å². The minimum absolute atomic E-state index is 0.525. The maximum atomic E-state index is 11.7. The summed E-state index contributed by atoms with van der Waals surface area (Å²) in [6.07, 6.45) is 0.818. The summed E-state index contributed by atoms with van der Waals surface area (Å²) in [6, 6.07) is 8.03. The highest BCUT2D eigenvalue weighted by atomic mass is 32.2. The Hall–Kier alpha value is -0.670. The molecule has 1 unspecified atom stereocenters. The van der Waals surface area contributed by atoms with Gasteiger partial charge in [0.2, 0.25) is 0 Å². The van der Waals surface area contributed by atoms with E-state index in [4.69, 9.17) is 5.73 Å². The zero-order chi connectivity index (χ0) is 11.3. The highest BCUT2D eigenvalue weighted by Crippen LogP contribution is 2.16. The Morgan fingerprint density at radius 1 is 1.27 bits per heavy atom. The summed E-state index contributed by atoms with van der Waals surface area (Å²) in [5, 5.41) is 0. The molecule has 1 atom stereocenters. The minimum atomic E-state index is -0.885. The SMILES string of the molecule is CC(C)c1ccc(S(=O)CCCN)cc1. The third-order valence-electron chi connectivity index (χ3n) is 2.34. The van der Waals surface area contributed by atoms with Crippen LogP contribution in [0, 0.1) is 0 Å². The Labute approximate surface area is 94.3 Å². The Bertz CT molecular complexity index is 319. The van der Waals surface area contributed by atoms with Gasteiger partial charge in [-0.05, 0) is 36.6 Å². The number of hydrogen-bond donors (Lipinski definition) is 1. The van der Waals surface area contributed by atoms with E-state index < -0.39 is 10.8 Å². The van der Waals surface area contributed by atoms with Crippen LogP contribution in [0.2, 0.25) is 0 Å². The van der Waals surface area contributed by atoms with Gasteiger partial charge in [-0.1, -0.05) is 26.0 Å². The van der Waals surface area contributed by atoms with E-state index in [1.807, 2.05) is 12.1 Å². The van der Waals surface area contributed by atoms with Crippen LogP contribution in [-0.2, 0) is 10.8 Å². The zero-order valence-corrected chi connectivity index (χ0v) is 10.2. The lowest BCUT2D eigenvalue weighted by Crippen LogP contribution is -2.06. The maximum absolute atomic E-state index is 11.7. The fraction of sp³-hybridized carbons (Fsp3) is 0.500. The lowest BCUT2D eigenvalue weighted by atomic mass is 10.0. The topological polar surface area (TPSA) is 43.1 Å². The molecule has 0 bridgehead atoms. The van der Waals surface area contributed by atoms with E-state index >= 15 is 0 Å². The first-order valence-electron chi connectivity index (χ1n) is 5.33. The van der Waals surface area contributed by atoms with Crippen molar-refractivity contribution in [3.05, 3.63) is 29.8 Å². The van der Waals surface area contributed by atoms with Crippen LogP contribution in [0.5, 0.6) is 0 Å². The van der Waals surface area contributed by atoms with Crippen molar-refractivity contribution in [3.63, 3.8) is 0 Å². The predicted octanol–water partition coefficient (Wildman–Crippen LogP) is 2.27. The molecular weight excluding hydrogens is 206 g/mol. The van der Waals surface area contributed by atoms with Gasteiger partial charge in [-0.3, -0.25) is 4.21 Å². The van der Waals surface area contributed by atoms with Crippen molar-refractivity contribution in [1.29, 1.82) is 0 Å². The van der Waals surface area contributed by atoms with E-state index in [9.17, 15) is 4.21 Å². The van der Waals surface area contributed by atoms with Gasteiger partial charge in [0, 0.05) is 10.6 Å². The average molecular weight is 225 g/mol. The molecule has 15 heavy (non-hydrogen) atoms. The zero-order valence-electron chi connectivity index (χ0n) is 9.40. The highest BCUT2D eigenvalue weighted by Gasteiger charge is 2.04. The van der Waals surface area contributed by atoms with Crippen molar-refractivity contribution >= 4 is 10.8 Å². The van der Waals surface area contributed by atoms with E-state index in [1.165, 1.54) is 5.56 Å². The standard InChI is InChI=1S/C12H19NOS/c1-10(2)11-4-6-12(7-5-11)15(14)9-3-8-13/h4-7,10H,3,8-9,13H2,1-2H3. The molecule has 0 aliphatic carbocycles. The summed E-state index contributed by atoms with van der Waals surface area (Å²) < 4.78 is 11.7. The first-order chi connectivity index (χ1) is 7.15. The van der Waals surface area contributed by atoms with Crippen LogP contribution in [-0.4, -0.2) is 16.5 Å². The molecule has 84 valence electrons. The Morgan fingerprint density at radius 3 is 2.33 bits per heavy atom. The van der Waals surface area contributed by atoms with E-state index in [2.05, 4.69) is 26.0 Å². The molecule has 0 fully saturated rings. The third-order valence-corrected chi connectivity index (χ3v) is 3.80. The molecule has 1 aromatic carbocycles. The Morgan fingerprint density at radius 2 is 1.87 bits per heavy atom. The monoisotopic (exact) mass is 225 g/mol. The van der Waals surface area contributed by atoms with Crippen molar-refractivity contribution in [3.8, 4) is 0 Å². The second-order valence-electron chi connectivity index (χ2n) is 3.92. The number of nitrogens with two attached hydrogens (primary N) is 1. The summed E-state index contributed by atoms with van der Waals surface area (Å²) in [5.74, 6) is 1.19. The molecule has 3 heteroatoms. The molecule has 1 rings (SSSR count). The molecule has 0 amide bonds. The van der Waals surface area contributed by atoms with Crippen LogP contribution in [0.15, 0.2) is 29.2 Å². The van der Waals surface area contributed by atoms with Crippen LogP contribution in [0.3, 0.4) is 0 Å². The fourth-order valence-corrected chi connectivity index (χ4v) is 2.44. The third kappa shape index (κ3) is 3.76. The number of benzene rings is 1. The predicted molar refractivity (Wildman–Crippen MR) is 65.5 cm³/mol. The second-order valence-corrected chi connectivity index (χ2v) is 5.49. The van der Waals surface area contributed by atoms with Gasteiger partial charge in [-0.15, -0.1) is 0 Å². The van der Waals surface area contributed by atoms with E-state index in [-0.39, 0.29) is 0 Å². The maximum Gasteiger partial charge on any atom is 0.0529 e. The van der Waals surface area contributed by atoms with Crippen molar-refractivity contribution in [2.75, 3.05) is 12.3 Å². The largest absolute Gasteiger partial charge is 0.330 e. The summed E-state index contributed by atoms with van der Waals surface area (Å²) >= 11 is 0. The van der Waals surface area contributed by atoms with E-state index in [0.29, 0.717) is 18.2 Å². The van der Waals surface area contributed by atoms with Gasteiger partial charge in [0.25, 0.3) is 0 Å². The van der Waals surface area contributed by atoms with Gasteiger partial charge in [0.05, 0.1) is 10.8 Å². The van der Waals surface area contributed by atoms with Crippen molar-refractivity contribution in [2.24, 2.45) is 5.73 Å². The molecule has 0 aliphatic heterocycles. The molecule has 1 aromatic rings. The van der Waals surface area contributed by atoms with Gasteiger partial charge in [-0.2, -0.15) is 0 Å². The van der Waals surface area contributed by atoms with Gasteiger partial charge in [-0.25, -0.2) is 0 Å². The highest BCUT2D eigenvalue weighted by molar-refractivity contribution is 7.85. The van der Waals surface area contributed by atoms with Crippen LogP contribution in [0.1, 0.15) is 31.7 Å². The van der Waals surface area contributed by atoms with Gasteiger partial charge >= 0.3 is 0 Å². The van der Waals surface area contributed by atoms with Gasteiger partial charge in [0.15, 0.2) is 0 Å². The summed E-state index contributed by atoms with van der Waals surface area (Å²) in [7, 11) is -0.885. The molecule has 0 saturated heterocycles. The van der Waals surface area contributed by atoms with Crippen LogP contribution >= 0.6 is 0 Å². The first-order valence-corrected chi connectivity index (χ1v) is 6.65. The average Bonchev–Trinajstić information content (AvgIpc) is 2.26. The van der Waals surface area contributed by atoms with E-state index in [1.54, 1.807) is 0 Å². The second kappa shape index (κ2) is 6.03. The molecule has 0 spiro atoms. The Balaban J connectivity index is 2.67. The molecule has 0 aliphatic rings. The molecule has 2 nitrogen and oxygen atoms in total. The number of hydrogen-bond acceptors (Lipinski definition) is 2. The molecule has 0 radical (unpaired) electrons. The van der Waals surface area contributed by atoms with Gasteiger partial charge < -0.3 is 5.73 Å². The molecule has 2 N–H and O–H groups in total. The first kappa shape index (κ1) is 12.4. The summed E-state index contributed by atoms with van der Waals surface area (Å²) in [4.78, 5) is 0.910. The normalized spacial score (nSPS) is 13.1. The van der Waals surface area contributed by atoms with Crippen LogP contribution < -0.4 is 5.73 Å². The van der Waals surface area contributed by atoms with Crippen molar-refractivity contribution in [1.82, 2.24) is 0 Å². The molecule has 0 aromatic heterocycles. The van der Waals surface area contributed by atoms with Crippen molar-refractivity contribution in [2.45, 2.75) is 31.1 Å². The Kier molecular flexibility index (Phi) is 4.99. The minimum Gasteiger partial charge on any atom is -0.330 e. The molecule has 0 saturated carbocycles. The van der Waals surface area contributed by atoms with Crippen molar-refractivity contribution < 1.29 is 4.21 Å². The lowest BCUT2D eigenvalue weighted by Gasteiger charge is -2.06. The molecule has 0 heterocycles. The molecular formula is C12H19NOS. The lowest BCUT2D eigenvalue weighted by molar-refractivity contribution is 0.680. The number of rotatable bonds is 5. The van der Waals surface area contributed by atoms with E-state index in [0.717, 1.165) is 11.3 Å². The smallest absolute Gasteiger partial charge is 0.0529 e. The quantitative estimate of drug-likeness (QED) is 0.835. The summed E-state index contributed by atoms with van der Waals surface area (Å²) in [6.45, 7) is 4.91. The van der Waals surface area contributed by atoms with Crippen LogP contribution in [0.4, 0.5) is 0 Å².